The molecule has 0 spiro atoms. The average molecular weight is 262 g/mol. The number of nitrogens with one attached hydrogen (secondary N) is 1. The van der Waals surface area contributed by atoms with Gasteiger partial charge in [0.25, 0.3) is 5.56 Å². The number of aryl methyl sites for hydroxylation is 1. The van der Waals surface area contributed by atoms with E-state index in [2.05, 4.69) is 19.2 Å². The molecular formula is C16H26N2O. The summed E-state index contributed by atoms with van der Waals surface area (Å²) in [5, 5.41) is 3.60. The van der Waals surface area contributed by atoms with Crippen LogP contribution in [0.5, 0.6) is 0 Å². The summed E-state index contributed by atoms with van der Waals surface area (Å²) in [5.74, 6) is 0. The number of aromatic nitrogens is 1. The zero-order valence-corrected chi connectivity index (χ0v) is 12.4. The third kappa shape index (κ3) is 3.85. The van der Waals surface area contributed by atoms with Crippen molar-refractivity contribution < 1.29 is 0 Å². The highest BCUT2D eigenvalue weighted by Crippen LogP contribution is 2.34. The first-order valence-electron chi connectivity index (χ1n) is 7.47. The van der Waals surface area contributed by atoms with Crippen LogP contribution in [0.3, 0.4) is 0 Å². The van der Waals surface area contributed by atoms with Gasteiger partial charge in [-0.2, -0.15) is 0 Å². The topological polar surface area (TPSA) is 34.0 Å². The van der Waals surface area contributed by atoms with Crippen molar-refractivity contribution in [3.05, 3.63) is 28.7 Å². The molecule has 1 atom stereocenters. The Morgan fingerprint density at radius 2 is 2.11 bits per heavy atom. The molecule has 3 nitrogen and oxygen atoms in total. The number of nitrogens with zero attached hydrogens (tertiary/aromatic N) is 1. The van der Waals surface area contributed by atoms with Gasteiger partial charge in [-0.25, -0.2) is 0 Å². The zero-order valence-electron chi connectivity index (χ0n) is 12.4. The molecule has 3 heteroatoms. The van der Waals surface area contributed by atoms with Gasteiger partial charge in [0.1, 0.15) is 0 Å². The Balaban J connectivity index is 2.03. The summed E-state index contributed by atoms with van der Waals surface area (Å²) >= 11 is 0. The maximum atomic E-state index is 11.6. The Bertz CT molecular complexity index is 476. The highest BCUT2D eigenvalue weighted by Gasteiger charge is 2.24. The van der Waals surface area contributed by atoms with E-state index in [1.165, 1.54) is 32.1 Å². The van der Waals surface area contributed by atoms with Crippen LogP contribution in [0.1, 0.15) is 52.9 Å². The van der Waals surface area contributed by atoms with Crippen molar-refractivity contribution in [2.75, 3.05) is 5.32 Å². The van der Waals surface area contributed by atoms with Crippen LogP contribution in [-0.2, 0) is 6.54 Å². The summed E-state index contributed by atoms with van der Waals surface area (Å²) in [6.45, 7) is 7.46. The van der Waals surface area contributed by atoms with Crippen molar-refractivity contribution in [3.63, 3.8) is 0 Å². The van der Waals surface area contributed by atoms with Crippen molar-refractivity contribution in [2.24, 2.45) is 5.41 Å². The van der Waals surface area contributed by atoms with Crippen LogP contribution < -0.4 is 10.9 Å². The molecule has 1 aromatic rings. The Hall–Kier alpha value is -1.25. The second-order valence-electron chi connectivity index (χ2n) is 6.48. The van der Waals surface area contributed by atoms with Crippen molar-refractivity contribution in [1.29, 1.82) is 0 Å². The van der Waals surface area contributed by atoms with E-state index in [0.29, 0.717) is 11.5 Å². The molecule has 1 N–H and O–H groups in total. The highest BCUT2D eigenvalue weighted by molar-refractivity contribution is 5.41. The lowest BCUT2D eigenvalue weighted by atomic mass is 9.85. The van der Waals surface area contributed by atoms with E-state index in [0.717, 1.165) is 12.2 Å². The molecule has 1 aliphatic rings. The fraction of sp³-hybridized carbons (Fsp3) is 0.688. The van der Waals surface area contributed by atoms with Gasteiger partial charge < -0.3 is 9.88 Å². The standard InChI is InChI=1S/C16H26N2O/c1-4-18-12-14(7-8-15(18)19)17-13-6-5-10-16(2,3)11-9-13/h7-8,12-13,17H,4-6,9-11H2,1-3H3. The number of pyridine rings is 1. The first-order chi connectivity index (χ1) is 9.00. The molecule has 2 rings (SSSR count). The Morgan fingerprint density at radius 1 is 1.32 bits per heavy atom. The molecule has 1 aliphatic carbocycles. The fourth-order valence-corrected chi connectivity index (χ4v) is 2.91. The summed E-state index contributed by atoms with van der Waals surface area (Å²) in [6.07, 6.45) is 8.28. The predicted molar refractivity (Wildman–Crippen MR) is 80.7 cm³/mol. The molecule has 1 fully saturated rings. The first kappa shape index (κ1) is 14.2. The SMILES string of the molecule is CCn1cc(NC2CCCC(C)(C)CC2)ccc1=O. The van der Waals surface area contributed by atoms with E-state index in [4.69, 9.17) is 0 Å². The summed E-state index contributed by atoms with van der Waals surface area (Å²) in [6, 6.07) is 4.11. The molecule has 1 heterocycles. The predicted octanol–water partition coefficient (Wildman–Crippen LogP) is 3.64. The summed E-state index contributed by atoms with van der Waals surface area (Å²) in [5.41, 5.74) is 1.64. The summed E-state index contributed by atoms with van der Waals surface area (Å²) in [7, 11) is 0. The van der Waals surface area contributed by atoms with Gasteiger partial charge in [0.15, 0.2) is 0 Å². The lowest BCUT2D eigenvalue weighted by Crippen LogP contribution is -2.22. The fourth-order valence-electron chi connectivity index (χ4n) is 2.91. The van der Waals surface area contributed by atoms with Gasteiger partial charge in [-0.15, -0.1) is 0 Å². The monoisotopic (exact) mass is 262 g/mol. The minimum atomic E-state index is 0.0787. The van der Waals surface area contributed by atoms with Crippen molar-refractivity contribution in [3.8, 4) is 0 Å². The highest BCUT2D eigenvalue weighted by atomic mass is 16.1. The number of hydrogen-bond donors (Lipinski definition) is 1. The van der Waals surface area contributed by atoms with Crippen molar-refractivity contribution >= 4 is 5.69 Å². The molecule has 0 aromatic carbocycles. The quantitative estimate of drug-likeness (QED) is 0.844. The maximum absolute atomic E-state index is 11.6. The molecule has 0 amide bonds. The third-order valence-corrected chi connectivity index (χ3v) is 4.27. The lowest BCUT2D eigenvalue weighted by molar-refractivity contribution is 0.313. The Labute approximate surface area is 116 Å². The molecule has 1 unspecified atom stereocenters. The molecular weight excluding hydrogens is 236 g/mol. The van der Waals surface area contributed by atoms with Crippen LogP contribution in [0.15, 0.2) is 23.1 Å². The Kier molecular flexibility index (Phi) is 4.33. The van der Waals surface area contributed by atoms with E-state index < -0.39 is 0 Å². The third-order valence-electron chi connectivity index (χ3n) is 4.27. The maximum Gasteiger partial charge on any atom is 0.250 e. The molecule has 0 aliphatic heterocycles. The van der Waals surface area contributed by atoms with Gasteiger partial charge in [0, 0.05) is 24.8 Å². The lowest BCUT2D eigenvalue weighted by Gasteiger charge is -2.22. The number of rotatable bonds is 3. The summed E-state index contributed by atoms with van der Waals surface area (Å²) in [4.78, 5) is 11.6. The van der Waals surface area contributed by atoms with Gasteiger partial charge >= 0.3 is 0 Å². The van der Waals surface area contributed by atoms with Gasteiger partial charge in [0.2, 0.25) is 0 Å². The van der Waals surface area contributed by atoms with Crippen LogP contribution in [0.2, 0.25) is 0 Å². The molecule has 106 valence electrons. The minimum absolute atomic E-state index is 0.0787. The van der Waals surface area contributed by atoms with Crippen LogP contribution in [0.25, 0.3) is 0 Å². The van der Waals surface area contributed by atoms with Gasteiger partial charge in [-0.05, 0) is 44.1 Å². The van der Waals surface area contributed by atoms with Crippen molar-refractivity contribution in [1.82, 2.24) is 4.57 Å². The molecule has 0 bridgehead atoms. The second-order valence-corrected chi connectivity index (χ2v) is 6.48. The van der Waals surface area contributed by atoms with Gasteiger partial charge in [-0.1, -0.05) is 20.3 Å². The normalized spacial score (nSPS) is 22.8. The van der Waals surface area contributed by atoms with E-state index in [9.17, 15) is 4.79 Å². The van der Waals surface area contributed by atoms with Gasteiger partial charge in [0.05, 0.1) is 5.69 Å². The smallest absolute Gasteiger partial charge is 0.250 e. The number of anilines is 1. The number of hydrogen-bond acceptors (Lipinski definition) is 2. The largest absolute Gasteiger partial charge is 0.381 e. The Morgan fingerprint density at radius 3 is 2.84 bits per heavy atom. The summed E-state index contributed by atoms with van der Waals surface area (Å²) < 4.78 is 1.75. The molecule has 19 heavy (non-hydrogen) atoms. The second kappa shape index (κ2) is 5.81. The van der Waals surface area contributed by atoms with Crippen LogP contribution in [0.4, 0.5) is 5.69 Å². The first-order valence-corrected chi connectivity index (χ1v) is 7.47. The minimum Gasteiger partial charge on any atom is -0.381 e. The van der Waals surface area contributed by atoms with Gasteiger partial charge in [-0.3, -0.25) is 4.79 Å². The zero-order chi connectivity index (χ0) is 13.9. The van der Waals surface area contributed by atoms with Crippen LogP contribution >= 0.6 is 0 Å². The van der Waals surface area contributed by atoms with E-state index in [-0.39, 0.29) is 5.56 Å². The van der Waals surface area contributed by atoms with E-state index in [1.54, 1.807) is 10.6 Å². The molecule has 1 aromatic heterocycles. The van der Waals surface area contributed by atoms with E-state index >= 15 is 0 Å². The molecule has 0 saturated heterocycles. The van der Waals surface area contributed by atoms with Crippen LogP contribution in [0, 0.1) is 5.41 Å². The van der Waals surface area contributed by atoms with Crippen molar-refractivity contribution in [2.45, 2.75) is 65.5 Å². The van der Waals surface area contributed by atoms with E-state index in [1.807, 2.05) is 19.2 Å². The molecule has 1 saturated carbocycles. The molecule has 0 radical (unpaired) electrons. The average Bonchev–Trinajstić information content (AvgIpc) is 2.53. The van der Waals surface area contributed by atoms with Crippen LogP contribution in [-0.4, -0.2) is 10.6 Å².